The molecule has 0 saturated heterocycles. The Bertz CT molecular complexity index is 51.5. The molecule has 0 aromatic carbocycles. The molecule has 0 unspecified atom stereocenters. The normalized spacial score (nSPS) is 8.83. The van der Waals surface area contributed by atoms with E-state index in [9.17, 15) is 0 Å². The first-order valence-corrected chi connectivity index (χ1v) is 3.06. The molecule has 0 aliphatic heterocycles. The highest BCUT2D eigenvalue weighted by Crippen LogP contribution is 1.77. The molecule has 0 bridgehead atoms. The molecule has 0 rings (SSSR count). The minimum atomic E-state index is 0.992. The van der Waals surface area contributed by atoms with Crippen LogP contribution in [-0.4, -0.2) is 16.9 Å². The van der Waals surface area contributed by atoms with Gasteiger partial charge >= 0.3 is 0 Å². The van der Waals surface area contributed by atoms with Gasteiger partial charge in [0, 0.05) is 6.54 Å². The van der Waals surface area contributed by atoms with E-state index in [1.54, 1.807) is 0 Å². The summed E-state index contributed by atoms with van der Waals surface area (Å²) in [7, 11) is 1.08. The van der Waals surface area contributed by atoms with Crippen molar-refractivity contribution >= 4 is 10.4 Å². The van der Waals surface area contributed by atoms with Crippen LogP contribution < -0.4 is 4.98 Å². The van der Waals surface area contributed by atoms with E-state index < -0.39 is 0 Å². The number of hydrogen-bond donors (Lipinski definition) is 1. The molecule has 0 amide bonds. The predicted octanol–water partition coefficient (Wildman–Crippen LogP) is -0.568. The molecule has 0 fully saturated rings. The lowest BCUT2D eigenvalue weighted by Gasteiger charge is -1.91. The molecule has 0 aromatic heterocycles. The SMILES string of the molecule is C=C(C)CN[SiH3]. The van der Waals surface area contributed by atoms with Crippen molar-refractivity contribution < 1.29 is 0 Å². The fourth-order valence-electron chi connectivity index (χ4n) is 0.302. The van der Waals surface area contributed by atoms with Crippen LogP contribution >= 0.6 is 0 Å². The van der Waals surface area contributed by atoms with E-state index in [1.165, 1.54) is 5.57 Å². The Morgan fingerprint density at radius 3 is 2.50 bits per heavy atom. The third kappa shape index (κ3) is 3.92. The summed E-state index contributed by atoms with van der Waals surface area (Å²) >= 11 is 0. The third-order valence-corrected chi connectivity index (χ3v) is 0.832. The fourth-order valence-corrected chi connectivity index (χ4v) is 0.905. The molecule has 0 saturated carbocycles. The summed E-state index contributed by atoms with van der Waals surface area (Å²) in [5.41, 5.74) is 1.21. The summed E-state index contributed by atoms with van der Waals surface area (Å²) in [5.74, 6) is 0. The molecule has 0 spiro atoms. The summed E-state index contributed by atoms with van der Waals surface area (Å²) in [4.78, 5) is 3.11. The van der Waals surface area contributed by atoms with Gasteiger partial charge in [-0.25, -0.2) is 0 Å². The molecule has 36 valence electrons. The van der Waals surface area contributed by atoms with E-state index in [2.05, 4.69) is 11.6 Å². The van der Waals surface area contributed by atoms with E-state index in [1.807, 2.05) is 6.92 Å². The first-order valence-electron chi connectivity index (χ1n) is 2.06. The Hall–Kier alpha value is -0.0831. The molecule has 1 N–H and O–H groups in total. The minimum Gasteiger partial charge on any atom is -0.342 e. The maximum absolute atomic E-state index is 3.70. The van der Waals surface area contributed by atoms with Crippen LogP contribution in [0.5, 0.6) is 0 Å². The fraction of sp³-hybridized carbons (Fsp3) is 0.500. The smallest absolute Gasteiger partial charge is 0.0753 e. The summed E-state index contributed by atoms with van der Waals surface area (Å²) in [6, 6.07) is 0. The monoisotopic (exact) mass is 101 g/mol. The number of rotatable bonds is 2. The van der Waals surface area contributed by atoms with Crippen LogP contribution in [0.1, 0.15) is 6.92 Å². The molecule has 1 nitrogen and oxygen atoms in total. The first-order chi connectivity index (χ1) is 2.77. The third-order valence-electron chi connectivity index (χ3n) is 0.479. The number of hydrogen-bond acceptors (Lipinski definition) is 1. The van der Waals surface area contributed by atoms with Gasteiger partial charge in [-0.2, -0.15) is 0 Å². The Kier molecular flexibility index (Phi) is 3.08. The van der Waals surface area contributed by atoms with Crippen LogP contribution in [0.4, 0.5) is 0 Å². The van der Waals surface area contributed by atoms with Crippen LogP contribution in [0.2, 0.25) is 0 Å². The maximum Gasteiger partial charge on any atom is 0.0753 e. The molecule has 0 aliphatic rings. The summed E-state index contributed by atoms with van der Waals surface area (Å²) < 4.78 is 0. The lowest BCUT2D eigenvalue weighted by molar-refractivity contribution is 1.04. The van der Waals surface area contributed by atoms with Crippen LogP contribution in [0.15, 0.2) is 12.2 Å². The van der Waals surface area contributed by atoms with Crippen LogP contribution in [0.3, 0.4) is 0 Å². The van der Waals surface area contributed by atoms with Gasteiger partial charge in [-0.3, -0.25) is 0 Å². The minimum absolute atomic E-state index is 0.992. The van der Waals surface area contributed by atoms with E-state index >= 15 is 0 Å². The predicted molar refractivity (Wildman–Crippen MR) is 32.8 cm³/mol. The van der Waals surface area contributed by atoms with Crippen molar-refractivity contribution in [1.82, 2.24) is 4.98 Å². The maximum atomic E-state index is 3.70. The van der Waals surface area contributed by atoms with Gasteiger partial charge in [-0.05, 0) is 6.92 Å². The Balaban J connectivity index is 2.83. The average molecular weight is 101 g/mol. The van der Waals surface area contributed by atoms with Gasteiger partial charge in [0.05, 0.1) is 10.4 Å². The quantitative estimate of drug-likeness (QED) is 0.363. The van der Waals surface area contributed by atoms with Crippen LogP contribution in [0, 0.1) is 0 Å². The van der Waals surface area contributed by atoms with Crippen molar-refractivity contribution in [2.24, 2.45) is 0 Å². The molecule has 0 aromatic rings. The first kappa shape index (κ1) is 5.92. The van der Waals surface area contributed by atoms with Crippen molar-refractivity contribution in [3.63, 3.8) is 0 Å². The summed E-state index contributed by atoms with van der Waals surface area (Å²) in [6.07, 6.45) is 0. The second-order valence-electron chi connectivity index (χ2n) is 1.49. The van der Waals surface area contributed by atoms with Crippen molar-refractivity contribution in [3.05, 3.63) is 12.2 Å². The molecule has 6 heavy (non-hydrogen) atoms. The highest BCUT2D eigenvalue weighted by Gasteiger charge is 1.73. The Labute approximate surface area is 41.9 Å². The Morgan fingerprint density at radius 2 is 2.50 bits per heavy atom. The lowest BCUT2D eigenvalue weighted by atomic mass is 10.4. The molecule has 2 heteroatoms. The number of nitrogens with one attached hydrogen (secondary N) is 1. The van der Waals surface area contributed by atoms with Crippen LogP contribution in [0.25, 0.3) is 0 Å². The topological polar surface area (TPSA) is 12.0 Å². The highest BCUT2D eigenvalue weighted by molar-refractivity contribution is 6.04. The van der Waals surface area contributed by atoms with E-state index in [0.29, 0.717) is 0 Å². The lowest BCUT2D eigenvalue weighted by Crippen LogP contribution is -2.09. The van der Waals surface area contributed by atoms with E-state index in [4.69, 9.17) is 0 Å². The Morgan fingerprint density at radius 1 is 2.00 bits per heavy atom. The van der Waals surface area contributed by atoms with Gasteiger partial charge < -0.3 is 4.98 Å². The zero-order chi connectivity index (χ0) is 4.99. The van der Waals surface area contributed by atoms with Gasteiger partial charge in [0.15, 0.2) is 0 Å². The second-order valence-corrected chi connectivity index (χ2v) is 2.19. The van der Waals surface area contributed by atoms with Gasteiger partial charge in [0.25, 0.3) is 0 Å². The molecular formula is C4H11NSi. The molecule has 0 heterocycles. The summed E-state index contributed by atoms with van der Waals surface area (Å²) in [6.45, 7) is 6.72. The zero-order valence-electron chi connectivity index (χ0n) is 4.41. The standard InChI is InChI=1S/C4H11NSi/c1-4(2)3-5-6/h5H,1,3H2,2,6H3. The summed E-state index contributed by atoms with van der Waals surface area (Å²) in [5, 5.41) is 0. The molecular weight excluding hydrogens is 90.1 g/mol. The van der Waals surface area contributed by atoms with Gasteiger partial charge in [0.1, 0.15) is 0 Å². The zero-order valence-corrected chi connectivity index (χ0v) is 6.41. The van der Waals surface area contributed by atoms with Crippen molar-refractivity contribution in [3.8, 4) is 0 Å². The van der Waals surface area contributed by atoms with E-state index in [0.717, 1.165) is 16.9 Å². The largest absolute Gasteiger partial charge is 0.342 e. The molecule has 0 aliphatic carbocycles. The highest BCUT2D eigenvalue weighted by atomic mass is 28.2. The van der Waals surface area contributed by atoms with Gasteiger partial charge in [-0.1, -0.05) is 12.2 Å². The van der Waals surface area contributed by atoms with Crippen molar-refractivity contribution in [2.75, 3.05) is 6.54 Å². The van der Waals surface area contributed by atoms with E-state index in [-0.39, 0.29) is 0 Å². The molecule has 0 atom stereocenters. The van der Waals surface area contributed by atoms with Gasteiger partial charge in [-0.15, -0.1) is 0 Å². The molecule has 0 radical (unpaired) electrons. The second kappa shape index (κ2) is 3.12. The average Bonchev–Trinajstić information content (AvgIpc) is 1.35. The van der Waals surface area contributed by atoms with Crippen molar-refractivity contribution in [1.29, 1.82) is 0 Å². The van der Waals surface area contributed by atoms with Gasteiger partial charge in [0.2, 0.25) is 0 Å². The van der Waals surface area contributed by atoms with Crippen LogP contribution in [-0.2, 0) is 0 Å². The van der Waals surface area contributed by atoms with Crippen molar-refractivity contribution in [2.45, 2.75) is 6.92 Å².